The van der Waals surface area contributed by atoms with E-state index in [1.807, 2.05) is 24.3 Å². The van der Waals surface area contributed by atoms with Crippen LogP contribution in [0.5, 0.6) is 0 Å². The number of fused-ring (bicyclic) bond motifs is 7. The molecule has 14 rings (SSSR count). The number of hydrogen-bond donors (Lipinski definition) is 0. The summed E-state index contributed by atoms with van der Waals surface area (Å²) >= 11 is 0. The van der Waals surface area contributed by atoms with Crippen molar-refractivity contribution in [3.05, 3.63) is 151 Å². The lowest BCUT2D eigenvalue weighted by atomic mass is 9.48. The summed E-state index contributed by atoms with van der Waals surface area (Å²) < 4.78 is 13.1. The molecule has 58 heavy (non-hydrogen) atoms. The molecule has 0 spiro atoms. The summed E-state index contributed by atoms with van der Waals surface area (Å²) in [5.74, 6) is 4.57. The van der Waals surface area contributed by atoms with Gasteiger partial charge in [-0.2, -0.15) is 0 Å². The number of hydrogen-bond acceptors (Lipinski definition) is 5. The molecule has 0 unspecified atom stereocenters. The van der Waals surface area contributed by atoms with Gasteiger partial charge >= 0.3 is 0 Å². The third kappa shape index (κ3) is 4.86. The van der Waals surface area contributed by atoms with Crippen LogP contribution in [0, 0.1) is 17.8 Å². The lowest BCUT2D eigenvalue weighted by Crippen LogP contribution is -2.48. The molecular weight excluding hydrogens is 711 g/mol. The van der Waals surface area contributed by atoms with Crippen molar-refractivity contribution in [2.75, 3.05) is 0 Å². The van der Waals surface area contributed by atoms with Crippen LogP contribution < -0.4 is 0 Å². The molecule has 4 aliphatic rings. The maximum absolute atomic E-state index is 6.54. The summed E-state index contributed by atoms with van der Waals surface area (Å²) in [5.41, 5.74) is 10.2. The first-order chi connectivity index (χ1) is 28.6. The van der Waals surface area contributed by atoms with Gasteiger partial charge in [0.15, 0.2) is 17.5 Å². The number of nitrogens with zero attached hydrogens (tertiary/aromatic N) is 3. The van der Waals surface area contributed by atoms with E-state index in [9.17, 15) is 0 Å². The monoisotopic (exact) mass is 749 g/mol. The van der Waals surface area contributed by atoms with Crippen LogP contribution in [0.1, 0.15) is 44.1 Å². The number of aromatic nitrogens is 3. The Balaban J connectivity index is 0.991. The van der Waals surface area contributed by atoms with Gasteiger partial charge in [-0.05, 0) is 108 Å². The average molecular weight is 750 g/mol. The Morgan fingerprint density at radius 1 is 0.379 bits per heavy atom. The normalized spacial score (nSPS) is 21.3. The van der Waals surface area contributed by atoms with E-state index in [4.69, 9.17) is 23.8 Å². The third-order valence-corrected chi connectivity index (χ3v) is 13.9. The van der Waals surface area contributed by atoms with E-state index in [0.29, 0.717) is 22.9 Å². The Bertz CT molecular complexity index is 3250. The lowest BCUT2D eigenvalue weighted by Gasteiger charge is -2.57. The highest BCUT2D eigenvalue weighted by Gasteiger charge is 2.51. The van der Waals surface area contributed by atoms with Crippen molar-refractivity contribution in [3.63, 3.8) is 0 Å². The van der Waals surface area contributed by atoms with E-state index < -0.39 is 0 Å². The van der Waals surface area contributed by atoms with Gasteiger partial charge < -0.3 is 8.83 Å². The molecule has 0 N–H and O–H groups in total. The van der Waals surface area contributed by atoms with Crippen LogP contribution in [0.25, 0.3) is 99.9 Å². The van der Waals surface area contributed by atoms with Gasteiger partial charge in [-0.15, -0.1) is 0 Å². The molecule has 0 saturated heterocycles. The molecular formula is C53H39N3O2. The molecule has 4 saturated carbocycles. The highest BCUT2D eigenvalue weighted by atomic mass is 16.3. The first kappa shape index (κ1) is 32.5. The standard InChI is InChI=1S/C53H39N3O2/c1-2-10-37-36(9-1)38(41-13-7-14-42-39-11-3-5-17-46(39)57-48(41)42)23-24-44(37)51-54-50(34-19-21-35(22-20-34)53-28-31-25-32(29-53)27-33(26-31)30-53)55-52(56-51)45-16-8-15-43-40-12-4-6-18-47(40)58-49(43)45/h1-24,31-33H,25-30H2. The van der Waals surface area contributed by atoms with Crippen LogP contribution in [0.2, 0.25) is 0 Å². The average Bonchev–Trinajstić information content (AvgIpc) is 3.84. The van der Waals surface area contributed by atoms with Gasteiger partial charge in [-0.25, -0.2) is 15.0 Å². The Kier molecular flexibility index (Phi) is 6.84. The van der Waals surface area contributed by atoms with Gasteiger partial charge in [0.1, 0.15) is 22.3 Å². The third-order valence-electron chi connectivity index (χ3n) is 13.9. The van der Waals surface area contributed by atoms with Gasteiger partial charge in [-0.1, -0.05) is 121 Å². The molecule has 5 nitrogen and oxygen atoms in total. The van der Waals surface area contributed by atoms with Crippen LogP contribution in [0.4, 0.5) is 0 Å². The SMILES string of the molecule is c1ccc2c(c1)oc1c(-c3nc(-c4ccc(C56CC7CC(CC(C7)C5)C6)cc4)nc(-c4ccc(-c5cccc6c5oc5ccccc56)c5ccccc45)n3)cccc12. The molecule has 0 radical (unpaired) electrons. The molecule has 0 aliphatic heterocycles. The number of para-hydroxylation sites is 4. The first-order valence-corrected chi connectivity index (χ1v) is 20.8. The summed E-state index contributed by atoms with van der Waals surface area (Å²) in [6, 6.07) is 51.4. The summed E-state index contributed by atoms with van der Waals surface area (Å²) in [6.45, 7) is 0. The largest absolute Gasteiger partial charge is 0.455 e. The van der Waals surface area contributed by atoms with Crippen molar-refractivity contribution >= 4 is 54.6 Å². The smallest absolute Gasteiger partial charge is 0.167 e. The second-order valence-corrected chi connectivity index (χ2v) is 17.3. The molecule has 4 fully saturated rings. The maximum Gasteiger partial charge on any atom is 0.167 e. The highest BCUT2D eigenvalue weighted by Crippen LogP contribution is 2.60. The quantitative estimate of drug-likeness (QED) is 0.175. The van der Waals surface area contributed by atoms with Gasteiger partial charge in [0, 0.05) is 38.2 Å². The Morgan fingerprint density at radius 3 is 1.47 bits per heavy atom. The fraction of sp³-hybridized carbons (Fsp3) is 0.189. The zero-order valence-electron chi connectivity index (χ0n) is 32.0. The van der Waals surface area contributed by atoms with Gasteiger partial charge in [-0.3, -0.25) is 0 Å². The number of rotatable bonds is 5. The summed E-state index contributed by atoms with van der Waals surface area (Å²) in [5, 5.41) is 6.53. The molecule has 7 aromatic carbocycles. The van der Waals surface area contributed by atoms with Crippen LogP contribution in [-0.2, 0) is 5.41 Å². The molecule has 5 heteroatoms. The van der Waals surface area contributed by atoms with Crippen molar-refractivity contribution in [3.8, 4) is 45.3 Å². The zero-order valence-corrected chi connectivity index (χ0v) is 32.0. The van der Waals surface area contributed by atoms with E-state index in [2.05, 4.69) is 121 Å². The van der Waals surface area contributed by atoms with Crippen LogP contribution in [-0.4, -0.2) is 15.0 Å². The van der Waals surface area contributed by atoms with Crippen LogP contribution in [0.15, 0.2) is 154 Å². The van der Waals surface area contributed by atoms with Gasteiger partial charge in [0.2, 0.25) is 0 Å². The van der Waals surface area contributed by atoms with E-state index in [-0.39, 0.29) is 0 Å². The summed E-state index contributed by atoms with van der Waals surface area (Å²) in [7, 11) is 0. The molecule has 3 aromatic heterocycles. The van der Waals surface area contributed by atoms with E-state index in [1.54, 1.807) is 0 Å². The molecule has 4 bridgehead atoms. The van der Waals surface area contributed by atoms with Crippen LogP contribution in [0.3, 0.4) is 0 Å². The molecule has 10 aromatic rings. The fourth-order valence-electron chi connectivity index (χ4n) is 11.8. The first-order valence-electron chi connectivity index (χ1n) is 20.8. The van der Waals surface area contributed by atoms with Crippen molar-refractivity contribution in [2.45, 2.75) is 43.9 Å². The molecule has 278 valence electrons. The molecule has 3 heterocycles. The summed E-state index contributed by atoms with van der Waals surface area (Å²) in [6.07, 6.45) is 8.35. The Morgan fingerprint density at radius 2 is 0.845 bits per heavy atom. The minimum Gasteiger partial charge on any atom is -0.455 e. The Labute approximate surface area is 335 Å². The molecule has 0 amide bonds. The number of benzene rings is 7. The topological polar surface area (TPSA) is 65.0 Å². The second-order valence-electron chi connectivity index (χ2n) is 17.3. The minimum absolute atomic E-state index is 0.326. The highest BCUT2D eigenvalue weighted by molar-refractivity contribution is 6.14. The molecule has 4 aliphatic carbocycles. The summed E-state index contributed by atoms with van der Waals surface area (Å²) in [4.78, 5) is 15.8. The fourth-order valence-corrected chi connectivity index (χ4v) is 11.8. The van der Waals surface area contributed by atoms with Gasteiger partial charge in [0.05, 0.1) is 5.56 Å². The predicted molar refractivity (Wildman–Crippen MR) is 233 cm³/mol. The van der Waals surface area contributed by atoms with Crippen molar-refractivity contribution in [2.24, 2.45) is 17.8 Å². The van der Waals surface area contributed by atoms with Crippen molar-refractivity contribution in [1.29, 1.82) is 0 Å². The van der Waals surface area contributed by atoms with Crippen LogP contribution >= 0.6 is 0 Å². The Hall–Kier alpha value is -6.59. The lowest BCUT2D eigenvalue weighted by molar-refractivity contribution is -0.00518. The molecule has 0 atom stereocenters. The predicted octanol–water partition coefficient (Wildman–Crippen LogP) is 14.0. The maximum atomic E-state index is 6.54. The minimum atomic E-state index is 0.326. The van der Waals surface area contributed by atoms with E-state index in [1.165, 1.54) is 44.1 Å². The van der Waals surface area contributed by atoms with Gasteiger partial charge in [0.25, 0.3) is 0 Å². The van der Waals surface area contributed by atoms with E-state index in [0.717, 1.165) is 100 Å². The van der Waals surface area contributed by atoms with Crippen molar-refractivity contribution < 1.29 is 8.83 Å². The zero-order chi connectivity index (χ0) is 38.0. The van der Waals surface area contributed by atoms with Crippen molar-refractivity contribution in [1.82, 2.24) is 15.0 Å². The second kappa shape index (κ2) is 12.2. The van der Waals surface area contributed by atoms with E-state index >= 15 is 0 Å². The number of furan rings is 2.